The molecule has 2 rings (SSSR count). The number of hydrogen-bond acceptors (Lipinski definition) is 3. The first-order valence-corrected chi connectivity index (χ1v) is 8.94. The number of nitrogens with two attached hydrogens (primary N) is 1. The Morgan fingerprint density at radius 2 is 1.87 bits per heavy atom. The summed E-state index contributed by atoms with van der Waals surface area (Å²) in [5.41, 5.74) is 1.12. The van der Waals surface area contributed by atoms with Crippen LogP contribution in [0, 0.1) is 0 Å². The topological polar surface area (TPSA) is 89.3 Å². The molecule has 122 valence electrons. The number of amides is 1. The van der Waals surface area contributed by atoms with Crippen molar-refractivity contribution in [2.75, 3.05) is 5.32 Å². The van der Waals surface area contributed by atoms with E-state index >= 15 is 0 Å². The predicted octanol–water partition coefficient (Wildman–Crippen LogP) is 3.46. The number of nitrogens with one attached hydrogen (secondary N) is 1. The standard InChI is InChI=1S/C15H14Cl2N2O3S/c1-2-9-3-5-11(8-14(9)23(18,21)22)19-15(20)12-6-4-10(16)7-13(12)17/h3-8H,2H2,1H3,(H,19,20)(H2,18,21,22). The molecule has 0 aliphatic carbocycles. The Labute approximate surface area is 144 Å². The van der Waals surface area contributed by atoms with Gasteiger partial charge in [0.1, 0.15) is 0 Å². The molecule has 0 bridgehead atoms. The van der Waals surface area contributed by atoms with Crippen molar-refractivity contribution >= 4 is 44.8 Å². The van der Waals surface area contributed by atoms with Crippen molar-refractivity contribution in [2.24, 2.45) is 5.14 Å². The Balaban J connectivity index is 2.35. The van der Waals surface area contributed by atoms with Gasteiger partial charge >= 0.3 is 0 Å². The molecule has 8 heteroatoms. The highest BCUT2D eigenvalue weighted by molar-refractivity contribution is 7.89. The van der Waals surface area contributed by atoms with E-state index in [1.165, 1.54) is 24.3 Å². The molecule has 0 atom stereocenters. The smallest absolute Gasteiger partial charge is 0.257 e. The SMILES string of the molecule is CCc1ccc(NC(=O)c2ccc(Cl)cc2Cl)cc1S(N)(=O)=O. The first-order chi connectivity index (χ1) is 10.7. The molecule has 1 amide bonds. The van der Waals surface area contributed by atoms with Crippen LogP contribution in [0.15, 0.2) is 41.3 Å². The first kappa shape index (κ1) is 17.7. The molecule has 0 aliphatic rings. The molecule has 0 spiro atoms. The van der Waals surface area contributed by atoms with E-state index in [9.17, 15) is 13.2 Å². The average molecular weight is 373 g/mol. The minimum absolute atomic E-state index is 0.0139. The van der Waals surface area contributed by atoms with Crippen LogP contribution in [0.5, 0.6) is 0 Å². The number of carbonyl (C=O) groups is 1. The highest BCUT2D eigenvalue weighted by Gasteiger charge is 2.16. The van der Waals surface area contributed by atoms with Gasteiger partial charge in [0.15, 0.2) is 0 Å². The third-order valence-electron chi connectivity index (χ3n) is 3.19. The zero-order valence-corrected chi connectivity index (χ0v) is 14.5. The molecule has 0 radical (unpaired) electrons. The predicted molar refractivity (Wildman–Crippen MR) is 91.6 cm³/mol. The number of carbonyl (C=O) groups excluding carboxylic acids is 1. The van der Waals surface area contributed by atoms with Crippen LogP contribution < -0.4 is 10.5 Å². The summed E-state index contributed by atoms with van der Waals surface area (Å²) < 4.78 is 23.3. The maximum Gasteiger partial charge on any atom is 0.257 e. The second-order valence-electron chi connectivity index (χ2n) is 4.80. The average Bonchev–Trinajstić information content (AvgIpc) is 2.46. The number of hydrogen-bond donors (Lipinski definition) is 2. The fraction of sp³-hybridized carbons (Fsp3) is 0.133. The maximum absolute atomic E-state index is 12.2. The highest BCUT2D eigenvalue weighted by atomic mass is 35.5. The normalized spacial score (nSPS) is 11.3. The minimum Gasteiger partial charge on any atom is -0.322 e. The van der Waals surface area contributed by atoms with E-state index in [4.69, 9.17) is 28.3 Å². The van der Waals surface area contributed by atoms with Gasteiger partial charge in [0.25, 0.3) is 5.91 Å². The summed E-state index contributed by atoms with van der Waals surface area (Å²) in [5, 5.41) is 8.42. The van der Waals surface area contributed by atoms with Gasteiger partial charge < -0.3 is 5.32 Å². The van der Waals surface area contributed by atoms with Gasteiger partial charge in [-0.2, -0.15) is 0 Å². The summed E-state index contributed by atoms with van der Waals surface area (Å²) in [6, 6.07) is 9.03. The van der Waals surface area contributed by atoms with E-state index in [0.717, 1.165) is 0 Å². The monoisotopic (exact) mass is 372 g/mol. The van der Waals surface area contributed by atoms with E-state index in [0.29, 0.717) is 22.7 Å². The van der Waals surface area contributed by atoms with Gasteiger partial charge in [0.05, 0.1) is 15.5 Å². The Morgan fingerprint density at radius 3 is 2.43 bits per heavy atom. The van der Waals surface area contributed by atoms with Crippen molar-refractivity contribution in [3.05, 3.63) is 57.6 Å². The van der Waals surface area contributed by atoms with Crippen LogP contribution in [-0.4, -0.2) is 14.3 Å². The lowest BCUT2D eigenvalue weighted by Crippen LogP contribution is -2.16. The molecule has 0 aliphatic heterocycles. The van der Waals surface area contributed by atoms with Gasteiger partial charge in [-0.1, -0.05) is 36.2 Å². The third kappa shape index (κ3) is 4.23. The molecule has 2 aromatic carbocycles. The molecule has 23 heavy (non-hydrogen) atoms. The molecule has 0 fully saturated rings. The lowest BCUT2D eigenvalue weighted by atomic mass is 10.1. The van der Waals surface area contributed by atoms with Crippen LogP contribution >= 0.6 is 23.2 Å². The van der Waals surface area contributed by atoms with Crippen molar-refractivity contribution in [2.45, 2.75) is 18.2 Å². The molecule has 0 heterocycles. The van der Waals surface area contributed by atoms with E-state index < -0.39 is 15.9 Å². The summed E-state index contributed by atoms with van der Waals surface area (Å²) in [7, 11) is -3.88. The van der Waals surface area contributed by atoms with Crippen molar-refractivity contribution in [1.82, 2.24) is 0 Å². The molecule has 5 nitrogen and oxygen atoms in total. The molecular formula is C15H14Cl2N2O3S. The van der Waals surface area contributed by atoms with Gasteiger partial charge in [-0.25, -0.2) is 13.6 Å². The molecular weight excluding hydrogens is 359 g/mol. The van der Waals surface area contributed by atoms with Gasteiger partial charge in [-0.3, -0.25) is 4.79 Å². The minimum atomic E-state index is -3.88. The Morgan fingerprint density at radius 1 is 1.17 bits per heavy atom. The van der Waals surface area contributed by atoms with Gasteiger partial charge in [0.2, 0.25) is 10.0 Å². The zero-order valence-electron chi connectivity index (χ0n) is 12.1. The van der Waals surface area contributed by atoms with Crippen molar-refractivity contribution < 1.29 is 13.2 Å². The number of anilines is 1. The first-order valence-electron chi connectivity index (χ1n) is 6.64. The summed E-state index contributed by atoms with van der Waals surface area (Å²) >= 11 is 11.8. The number of rotatable bonds is 4. The van der Waals surface area contributed by atoms with Gasteiger partial charge in [-0.05, 0) is 42.3 Å². The molecule has 2 aromatic rings. The zero-order chi connectivity index (χ0) is 17.2. The third-order valence-corrected chi connectivity index (χ3v) is 4.73. The molecule has 0 saturated heterocycles. The van der Waals surface area contributed by atoms with Crippen molar-refractivity contribution in [3.8, 4) is 0 Å². The van der Waals surface area contributed by atoms with Crippen molar-refractivity contribution in [3.63, 3.8) is 0 Å². The second-order valence-corrected chi connectivity index (χ2v) is 7.17. The van der Waals surface area contributed by atoms with Crippen LogP contribution in [0.1, 0.15) is 22.8 Å². The van der Waals surface area contributed by atoms with Gasteiger partial charge in [-0.15, -0.1) is 0 Å². The van der Waals surface area contributed by atoms with Crippen molar-refractivity contribution in [1.29, 1.82) is 0 Å². The van der Waals surface area contributed by atoms with E-state index in [-0.39, 0.29) is 15.5 Å². The lowest BCUT2D eigenvalue weighted by Gasteiger charge is -2.11. The van der Waals surface area contributed by atoms with Crippen LogP contribution in [0.4, 0.5) is 5.69 Å². The fourth-order valence-electron chi connectivity index (χ4n) is 2.06. The Bertz CT molecular complexity index is 867. The molecule has 0 aromatic heterocycles. The summed E-state index contributed by atoms with van der Waals surface area (Å²) in [5.74, 6) is -0.476. The fourth-order valence-corrected chi connectivity index (χ4v) is 3.42. The summed E-state index contributed by atoms with van der Waals surface area (Å²) in [6.45, 7) is 1.82. The summed E-state index contributed by atoms with van der Waals surface area (Å²) in [6.07, 6.45) is 0.503. The summed E-state index contributed by atoms with van der Waals surface area (Å²) in [4.78, 5) is 12.2. The highest BCUT2D eigenvalue weighted by Crippen LogP contribution is 2.24. The number of halogens is 2. The van der Waals surface area contributed by atoms with Crippen LogP contribution in [-0.2, 0) is 16.4 Å². The maximum atomic E-state index is 12.2. The number of aryl methyl sites for hydroxylation is 1. The quantitative estimate of drug-likeness (QED) is 0.860. The number of primary sulfonamides is 1. The van der Waals surface area contributed by atoms with E-state index in [2.05, 4.69) is 5.32 Å². The number of benzene rings is 2. The largest absolute Gasteiger partial charge is 0.322 e. The Hall–Kier alpha value is -1.60. The molecule has 3 N–H and O–H groups in total. The molecule has 0 unspecified atom stereocenters. The second kappa shape index (κ2) is 6.88. The van der Waals surface area contributed by atoms with E-state index in [1.54, 1.807) is 12.1 Å². The molecule has 0 saturated carbocycles. The number of sulfonamides is 1. The van der Waals surface area contributed by atoms with E-state index in [1.807, 2.05) is 6.92 Å². The van der Waals surface area contributed by atoms with Crippen LogP contribution in [0.3, 0.4) is 0 Å². The van der Waals surface area contributed by atoms with Crippen LogP contribution in [0.25, 0.3) is 0 Å². The Kier molecular flexibility index (Phi) is 5.31. The van der Waals surface area contributed by atoms with Crippen LogP contribution in [0.2, 0.25) is 10.0 Å². The van der Waals surface area contributed by atoms with Gasteiger partial charge in [0, 0.05) is 10.7 Å². The lowest BCUT2D eigenvalue weighted by molar-refractivity contribution is 0.102.